The van der Waals surface area contributed by atoms with E-state index in [1.807, 2.05) is 25.1 Å². The van der Waals surface area contributed by atoms with Crippen molar-refractivity contribution in [2.24, 2.45) is 11.7 Å². The number of benzene rings is 1. The highest BCUT2D eigenvalue weighted by Crippen LogP contribution is 2.35. The number of hydrogen-bond donors (Lipinski definition) is 1. The fourth-order valence-corrected chi connectivity index (χ4v) is 4.56. The number of primary amides is 1. The summed E-state index contributed by atoms with van der Waals surface area (Å²) in [7, 11) is 0. The minimum Gasteiger partial charge on any atom is -0.484 e. The lowest BCUT2D eigenvalue weighted by Crippen LogP contribution is -2.53. The van der Waals surface area contributed by atoms with Crippen LogP contribution < -0.4 is 10.5 Å². The third kappa shape index (κ3) is 4.14. The number of fused-ring (bicyclic) bond motifs is 1. The summed E-state index contributed by atoms with van der Waals surface area (Å²) < 4.78 is 11.9. The van der Waals surface area contributed by atoms with E-state index in [1.165, 1.54) is 0 Å². The lowest BCUT2D eigenvalue weighted by atomic mass is 9.93. The third-order valence-corrected chi connectivity index (χ3v) is 6.44. The second kappa shape index (κ2) is 8.26. The summed E-state index contributed by atoms with van der Waals surface area (Å²) in [6.45, 7) is 4.39. The molecule has 30 heavy (non-hydrogen) atoms. The molecule has 0 bridgehead atoms. The molecule has 1 aromatic carbocycles. The highest BCUT2D eigenvalue weighted by atomic mass is 16.5. The first-order chi connectivity index (χ1) is 14.4. The van der Waals surface area contributed by atoms with Gasteiger partial charge in [0.15, 0.2) is 0 Å². The maximum atomic E-state index is 13.4. The van der Waals surface area contributed by atoms with Gasteiger partial charge in [-0.3, -0.25) is 14.4 Å². The van der Waals surface area contributed by atoms with Gasteiger partial charge in [0.2, 0.25) is 11.8 Å². The van der Waals surface area contributed by atoms with Gasteiger partial charge < -0.3 is 25.0 Å². The van der Waals surface area contributed by atoms with Crippen LogP contribution in [-0.2, 0) is 14.3 Å². The molecule has 8 nitrogen and oxygen atoms in total. The molecule has 0 radical (unpaired) electrons. The predicted molar refractivity (Wildman–Crippen MR) is 109 cm³/mol. The van der Waals surface area contributed by atoms with Crippen LogP contribution in [0.25, 0.3) is 0 Å². The lowest BCUT2D eigenvalue weighted by Gasteiger charge is -2.39. The van der Waals surface area contributed by atoms with Crippen LogP contribution in [0.2, 0.25) is 0 Å². The van der Waals surface area contributed by atoms with Crippen LogP contribution in [0.15, 0.2) is 18.2 Å². The van der Waals surface area contributed by atoms with E-state index in [-0.39, 0.29) is 30.2 Å². The Balaban J connectivity index is 1.54. The van der Waals surface area contributed by atoms with Gasteiger partial charge in [0.25, 0.3) is 5.91 Å². The van der Waals surface area contributed by atoms with Crippen molar-refractivity contribution in [3.05, 3.63) is 29.3 Å². The highest BCUT2D eigenvalue weighted by Gasteiger charge is 2.42. The van der Waals surface area contributed by atoms with E-state index >= 15 is 0 Å². The lowest BCUT2D eigenvalue weighted by molar-refractivity contribution is -0.136. The van der Waals surface area contributed by atoms with Crippen molar-refractivity contribution >= 4 is 17.7 Å². The Morgan fingerprint density at radius 3 is 2.57 bits per heavy atom. The van der Waals surface area contributed by atoms with Crippen molar-refractivity contribution in [2.45, 2.75) is 38.2 Å². The van der Waals surface area contributed by atoms with Crippen molar-refractivity contribution in [1.82, 2.24) is 9.80 Å². The first-order valence-corrected chi connectivity index (χ1v) is 10.6. The molecule has 4 rings (SSSR count). The Morgan fingerprint density at radius 1 is 1.20 bits per heavy atom. The minimum atomic E-state index is -0.548. The van der Waals surface area contributed by atoms with Crippen LogP contribution >= 0.6 is 0 Å². The van der Waals surface area contributed by atoms with Crippen molar-refractivity contribution in [3.8, 4) is 5.75 Å². The Labute approximate surface area is 176 Å². The topological polar surface area (TPSA) is 102 Å². The molecule has 0 aromatic heterocycles. The molecule has 0 saturated carbocycles. The first kappa shape index (κ1) is 20.7. The summed E-state index contributed by atoms with van der Waals surface area (Å²) >= 11 is 0. The second-order valence-electron chi connectivity index (χ2n) is 8.62. The van der Waals surface area contributed by atoms with Gasteiger partial charge in [0.05, 0.1) is 25.3 Å². The molecule has 1 aromatic rings. The number of rotatable bonds is 3. The number of aryl methyl sites for hydroxylation is 1. The van der Waals surface area contributed by atoms with Crippen LogP contribution in [0.3, 0.4) is 0 Å². The van der Waals surface area contributed by atoms with E-state index < -0.39 is 5.60 Å². The van der Waals surface area contributed by atoms with Crippen LogP contribution in [0.4, 0.5) is 0 Å². The largest absolute Gasteiger partial charge is 0.484 e. The molecule has 3 amide bonds. The van der Waals surface area contributed by atoms with Crippen molar-refractivity contribution in [1.29, 1.82) is 0 Å². The number of likely N-dealkylation sites (tertiary alicyclic amines) is 1. The molecule has 3 aliphatic rings. The van der Waals surface area contributed by atoms with E-state index in [0.717, 1.165) is 5.56 Å². The quantitative estimate of drug-likeness (QED) is 0.797. The molecule has 162 valence electrons. The van der Waals surface area contributed by atoms with E-state index in [2.05, 4.69) is 0 Å². The monoisotopic (exact) mass is 415 g/mol. The van der Waals surface area contributed by atoms with Gasteiger partial charge in [-0.15, -0.1) is 0 Å². The Hall–Kier alpha value is -2.61. The average Bonchev–Trinajstić information content (AvgIpc) is 2.84. The molecule has 0 unspecified atom stereocenters. The maximum absolute atomic E-state index is 13.4. The molecule has 2 fully saturated rings. The average molecular weight is 415 g/mol. The molecule has 2 N–H and O–H groups in total. The van der Waals surface area contributed by atoms with E-state index in [4.69, 9.17) is 15.2 Å². The van der Waals surface area contributed by atoms with Crippen LogP contribution in [0.5, 0.6) is 5.75 Å². The minimum absolute atomic E-state index is 0.000575. The number of nitrogens with zero attached hydrogens (tertiary/aromatic N) is 2. The van der Waals surface area contributed by atoms with Gasteiger partial charge in [0, 0.05) is 31.8 Å². The molecule has 3 heterocycles. The number of carbonyl (C=O) groups excluding carboxylic acids is 3. The summed E-state index contributed by atoms with van der Waals surface area (Å²) in [4.78, 5) is 41.1. The summed E-state index contributed by atoms with van der Waals surface area (Å²) in [5.41, 5.74) is 6.31. The fourth-order valence-electron chi connectivity index (χ4n) is 4.56. The van der Waals surface area contributed by atoms with Crippen LogP contribution in [-0.4, -0.2) is 72.5 Å². The van der Waals surface area contributed by atoms with Gasteiger partial charge in [-0.2, -0.15) is 0 Å². The number of piperidine rings is 1. The molecule has 2 saturated heterocycles. The zero-order valence-electron chi connectivity index (χ0n) is 17.4. The highest BCUT2D eigenvalue weighted by molar-refractivity contribution is 5.99. The molecule has 8 heteroatoms. The van der Waals surface area contributed by atoms with Crippen LogP contribution in [0.1, 0.15) is 41.6 Å². The summed E-state index contributed by atoms with van der Waals surface area (Å²) in [6.07, 6.45) is 2.48. The smallest absolute Gasteiger partial charge is 0.258 e. The SMILES string of the molecule is Cc1ccc2c(c1)C(=O)N(CC(=O)N1CCC(C(N)=O)CC1)CC1(CCOCC1)O2. The first-order valence-electron chi connectivity index (χ1n) is 10.6. The van der Waals surface area contributed by atoms with Gasteiger partial charge in [-0.1, -0.05) is 11.6 Å². The molecule has 0 atom stereocenters. The number of hydrogen-bond acceptors (Lipinski definition) is 5. The van der Waals surface area contributed by atoms with Gasteiger partial charge in [-0.05, 0) is 31.9 Å². The van der Waals surface area contributed by atoms with E-state index in [1.54, 1.807) is 9.80 Å². The van der Waals surface area contributed by atoms with E-state index in [9.17, 15) is 14.4 Å². The fraction of sp³-hybridized carbons (Fsp3) is 0.591. The number of carbonyl (C=O) groups is 3. The van der Waals surface area contributed by atoms with Crippen molar-refractivity contribution in [3.63, 3.8) is 0 Å². The molecule has 0 aliphatic carbocycles. The molecule has 3 aliphatic heterocycles. The standard InChI is InChI=1S/C22H29N3O5/c1-15-2-3-18-17(12-15)21(28)25(14-22(30-18)6-10-29-11-7-22)13-19(26)24-8-4-16(5-9-24)20(23)27/h2-3,12,16H,4-11,13-14H2,1H3,(H2,23,27). The number of amides is 3. The van der Waals surface area contributed by atoms with Gasteiger partial charge in [0.1, 0.15) is 17.9 Å². The van der Waals surface area contributed by atoms with Gasteiger partial charge in [-0.25, -0.2) is 0 Å². The Morgan fingerprint density at radius 2 is 1.90 bits per heavy atom. The van der Waals surface area contributed by atoms with Crippen molar-refractivity contribution < 1.29 is 23.9 Å². The zero-order chi connectivity index (χ0) is 21.3. The molecule has 1 spiro atoms. The van der Waals surface area contributed by atoms with E-state index in [0.29, 0.717) is 69.8 Å². The second-order valence-corrected chi connectivity index (χ2v) is 8.62. The number of ether oxygens (including phenoxy) is 2. The Bertz CT molecular complexity index is 841. The Kier molecular flexibility index (Phi) is 5.69. The zero-order valence-corrected chi connectivity index (χ0v) is 17.4. The normalized spacial score (nSPS) is 21.7. The third-order valence-electron chi connectivity index (χ3n) is 6.44. The van der Waals surface area contributed by atoms with Crippen molar-refractivity contribution in [2.75, 3.05) is 39.4 Å². The molecular formula is C22H29N3O5. The van der Waals surface area contributed by atoms with Crippen LogP contribution in [0, 0.1) is 12.8 Å². The summed E-state index contributed by atoms with van der Waals surface area (Å²) in [6, 6.07) is 5.61. The maximum Gasteiger partial charge on any atom is 0.258 e. The number of nitrogens with two attached hydrogens (primary N) is 1. The molecular weight excluding hydrogens is 386 g/mol. The summed E-state index contributed by atoms with van der Waals surface area (Å²) in [5, 5.41) is 0. The summed E-state index contributed by atoms with van der Waals surface area (Å²) in [5.74, 6) is -0.204. The predicted octanol–water partition coefficient (Wildman–Crippen LogP) is 1.10. The van der Waals surface area contributed by atoms with Gasteiger partial charge >= 0.3 is 0 Å².